The molecule has 2 unspecified atom stereocenters. The summed E-state index contributed by atoms with van der Waals surface area (Å²) in [5, 5.41) is 36.4. The minimum absolute atomic E-state index is 0.00968. The maximum absolute atomic E-state index is 12.9. The van der Waals surface area contributed by atoms with Crippen LogP contribution in [0.25, 0.3) is 15.8 Å². The molecule has 1 aliphatic heterocycles. The molecule has 320 valence electrons. The number of pyridine rings is 1. The van der Waals surface area contributed by atoms with E-state index >= 15 is 0 Å². The number of carbonyl (C=O) groups is 1. The van der Waals surface area contributed by atoms with E-state index in [9.17, 15) is 9.90 Å². The second kappa shape index (κ2) is 16.6. The van der Waals surface area contributed by atoms with Crippen molar-refractivity contribution in [1.29, 1.82) is 0 Å². The summed E-state index contributed by atoms with van der Waals surface area (Å²) >= 11 is 1.53. The number of benzene rings is 1. The lowest BCUT2D eigenvalue weighted by atomic mass is 9.39. The summed E-state index contributed by atoms with van der Waals surface area (Å²) in [5.41, 5.74) is 10.9. The average Bonchev–Trinajstić information content (AvgIpc) is 3.61. The molecule has 4 saturated carbocycles. The summed E-state index contributed by atoms with van der Waals surface area (Å²) in [6.07, 6.45) is 11.4. The molecule has 4 aliphatic carbocycles. The van der Waals surface area contributed by atoms with Crippen LogP contribution in [-0.4, -0.2) is 94.2 Å². The van der Waals surface area contributed by atoms with Gasteiger partial charge in [-0.25, -0.2) is 14.8 Å². The molecule has 3 aromatic heterocycles. The van der Waals surface area contributed by atoms with Crippen LogP contribution in [-0.2, 0) is 11.2 Å². The number of aliphatic hydroxyl groups excluding tert-OH is 1. The number of aliphatic imine (C=N–C) groups is 1. The Kier molecular flexibility index (Phi) is 11.6. The topological polar surface area (TPSA) is 193 Å². The number of hydrogen-bond acceptors (Lipinski definition) is 14. The number of hydrogen-bond donors (Lipinski definition) is 5. The Bertz CT molecular complexity index is 2310. The van der Waals surface area contributed by atoms with Gasteiger partial charge in [-0.1, -0.05) is 25.2 Å². The van der Waals surface area contributed by atoms with Gasteiger partial charge in [0.05, 0.1) is 29.5 Å². The highest BCUT2D eigenvalue weighted by molar-refractivity contribution is 7.22. The fourth-order valence-electron chi connectivity index (χ4n) is 11.8. The molecule has 4 fully saturated rings. The number of allylic oxidation sites excluding steroid dienone is 1. The number of ether oxygens (including phenoxy) is 2. The first-order valence-corrected chi connectivity index (χ1v) is 22.1. The number of aromatic nitrogens is 4. The van der Waals surface area contributed by atoms with E-state index in [0.717, 1.165) is 98.0 Å². The van der Waals surface area contributed by atoms with Crippen LogP contribution in [0.15, 0.2) is 41.5 Å². The van der Waals surface area contributed by atoms with Crippen molar-refractivity contribution in [2.45, 2.75) is 97.5 Å². The lowest BCUT2D eigenvalue weighted by molar-refractivity contribution is -0.241. The molecule has 4 aromatic rings. The molecule has 6 N–H and O–H groups in total. The zero-order valence-electron chi connectivity index (χ0n) is 35.6. The monoisotopic (exact) mass is 837 g/mol. The molecule has 9 rings (SSSR count). The number of unbranched alkanes of at least 4 members (excludes halogenated alkanes) is 1. The Morgan fingerprint density at radius 2 is 1.85 bits per heavy atom. The minimum Gasteiger partial charge on any atom is -0.497 e. The van der Waals surface area contributed by atoms with Crippen molar-refractivity contribution in [1.82, 2.24) is 25.5 Å². The third-order valence-electron chi connectivity index (χ3n) is 13.2. The van der Waals surface area contributed by atoms with E-state index in [2.05, 4.69) is 34.7 Å². The maximum atomic E-state index is 12.9. The van der Waals surface area contributed by atoms with Gasteiger partial charge in [0.25, 0.3) is 0 Å². The molecule has 0 amide bonds. The summed E-state index contributed by atoms with van der Waals surface area (Å²) < 4.78 is 13.2. The third-order valence-corrected chi connectivity index (χ3v) is 14.1. The van der Waals surface area contributed by atoms with Crippen molar-refractivity contribution in [2.24, 2.45) is 27.0 Å². The first kappa shape index (κ1) is 42.0. The van der Waals surface area contributed by atoms with Gasteiger partial charge < -0.3 is 41.0 Å². The second-order valence-corrected chi connectivity index (χ2v) is 19.5. The van der Waals surface area contributed by atoms with E-state index in [0.29, 0.717) is 59.1 Å². The highest BCUT2D eigenvalue weighted by Crippen LogP contribution is 2.71. The van der Waals surface area contributed by atoms with Crippen LogP contribution in [0.3, 0.4) is 0 Å². The van der Waals surface area contributed by atoms with Gasteiger partial charge in [-0.2, -0.15) is 0 Å². The van der Waals surface area contributed by atoms with Gasteiger partial charge in [0.1, 0.15) is 11.6 Å². The van der Waals surface area contributed by atoms with Crippen molar-refractivity contribution in [3.63, 3.8) is 0 Å². The van der Waals surface area contributed by atoms with Gasteiger partial charge in [-0.05, 0) is 125 Å². The van der Waals surface area contributed by atoms with Gasteiger partial charge >= 0.3 is 5.97 Å². The zero-order valence-corrected chi connectivity index (χ0v) is 36.4. The van der Waals surface area contributed by atoms with Gasteiger partial charge in [0.15, 0.2) is 22.5 Å². The molecule has 1 aromatic carbocycles. The fraction of sp³-hybridized carbons (Fsp3) is 0.556. The number of rotatable bonds is 17. The van der Waals surface area contributed by atoms with Gasteiger partial charge in [-0.15, -0.1) is 10.2 Å². The molecule has 2 atom stereocenters. The molecule has 0 radical (unpaired) electrons. The molecule has 4 bridgehead atoms. The largest absolute Gasteiger partial charge is 0.497 e. The van der Waals surface area contributed by atoms with Crippen LogP contribution >= 0.6 is 11.3 Å². The lowest BCUT2D eigenvalue weighted by Crippen LogP contribution is -2.64. The van der Waals surface area contributed by atoms with Crippen LogP contribution < -0.4 is 26.0 Å². The van der Waals surface area contributed by atoms with Gasteiger partial charge in [0.2, 0.25) is 0 Å². The molecule has 15 heteroatoms. The third kappa shape index (κ3) is 8.33. The Hall–Kier alpha value is -4.70. The molecular weight excluding hydrogens is 779 g/mol. The van der Waals surface area contributed by atoms with Crippen molar-refractivity contribution < 1.29 is 24.5 Å². The van der Waals surface area contributed by atoms with Crippen molar-refractivity contribution in [2.75, 3.05) is 56.7 Å². The summed E-state index contributed by atoms with van der Waals surface area (Å²) in [4.78, 5) is 29.6. The van der Waals surface area contributed by atoms with Crippen LogP contribution in [0.1, 0.15) is 106 Å². The van der Waals surface area contributed by atoms with E-state index in [4.69, 9.17) is 35.3 Å². The summed E-state index contributed by atoms with van der Waals surface area (Å²) in [7, 11) is 1.64. The number of aromatic carboxylic acids is 1. The summed E-state index contributed by atoms with van der Waals surface area (Å²) in [6, 6.07) is 9.45. The minimum atomic E-state index is -1.14. The van der Waals surface area contributed by atoms with E-state index in [1.165, 1.54) is 24.0 Å². The number of methoxy groups -OCH3 is 1. The van der Waals surface area contributed by atoms with E-state index in [1.807, 2.05) is 43.0 Å². The quantitative estimate of drug-likeness (QED) is 0.0517. The number of nitrogens with zero attached hydrogens (tertiary/aromatic N) is 6. The lowest BCUT2D eigenvalue weighted by Gasteiger charge is -2.69. The molecule has 0 saturated heterocycles. The van der Waals surface area contributed by atoms with Gasteiger partial charge in [0, 0.05) is 66.5 Å². The number of nitrogens with two attached hydrogens (primary N) is 1. The van der Waals surface area contributed by atoms with Crippen LogP contribution in [0, 0.1) is 23.2 Å². The van der Waals surface area contributed by atoms with Crippen LogP contribution in [0.5, 0.6) is 5.75 Å². The predicted octanol–water partition coefficient (Wildman–Crippen LogP) is 7.58. The number of carboxylic acid groups (broad SMARTS) is 1. The van der Waals surface area contributed by atoms with Crippen molar-refractivity contribution in [3.05, 3.63) is 58.9 Å². The first-order chi connectivity index (χ1) is 28.8. The smallest absolute Gasteiger partial charge is 0.355 e. The Morgan fingerprint density at radius 1 is 1.05 bits per heavy atom. The molecule has 14 nitrogen and oxygen atoms in total. The summed E-state index contributed by atoms with van der Waals surface area (Å²) in [6.45, 7) is 12.6. The number of aliphatic hydroxyl groups is 1. The highest BCUT2D eigenvalue weighted by atomic mass is 32.1. The number of nitrogens with one attached hydrogen (secondary N) is 2. The van der Waals surface area contributed by atoms with Crippen LogP contribution in [0.4, 0.5) is 22.6 Å². The van der Waals surface area contributed by atoms with Gasteiger partial charge in [-0.3, -0.25) is 4.99 Å². The second-order valence-electron chi connectivity index (χ2n) is 18.5. The average molecular weight is 838 g/mol. The summed E-state index contributed by atoms with van der Waals surface area (Å²) in [5.74, 6) is 1.38. The SMILES string of the molecule is COc1ccc2sc(Nc3nnc4c(c3C)CCCN4c3ccc(C(=CN)C(C)=NCC45CC6(C)CC(C)(C4)CC(OCCNCCCCO)(C6)C5)c(C(=O)O)n3)nc2c1. The molecule has 5 aliphatic rings. The molecule has 4 heterocycles. The fourth-order valence-corrected chi connectivity index (χ4v) is 12.7. The Morgan fingerprint density at radius 3 is 2.58 bits per heavy atom. The maximum Gasteiger partial charge on any atom is 0.355 e. The standard InChI is InChI=1S/C45H59N9O5S/c1-28-31-9-8-16-54(39(31)53-52-38(28)51-41-49-34-19-30(58-5)10-12-35(34)60-41)36-13-11-32(37(50-36)40(56)57)33(20-46)29(2)48-27-44-22-42(3)21-43(4,23-44)25-45(24-42,26-44)59-18-15-47-14-6-7-17-55/h10-13,19-20,47,55H,6-9,14-18,21-27,46H2,1-5H3,(H,56,57)(H,49,51,52). The van der Waals surface area contributed by atoms with Crippen LogP contribution in [0.2, 0.25) is 0 Å². The van der Waals surface area contributed by atoms with E-state index in [-0.39, 0.29) is 34.1 Å². The van der Waals surface area contributed by atoms with E-state index in [1.54, 1.807) is 13.2 Å². The number of carboxylic acids is 1. The normalized spacial score (nSPS) is 26.1. The molecule has 0 spiro atoms. The number of anilines is 4. The zero-order chi connectivity index (χ0) is 42.3. The Balaban J connectivity index is 1.00. The van der Waals surface area contributed by atoms with Crippen molar-refractivity contribution >= 4 is 61.4 Å². The number of fused-ring (bicyclic) bond motifs is 2. The van der Waals surface area contributed by atoms with E-state index < -0.39 is 5.97 Å². The first-order valence-electron chi connectivity index (χ1n) is 21.3. The highest BCUT2D eigenvalue weighted by Gasteiger charge is 2.66. The number of thiazole rings is 1. The predicted molar refractivity (Wildman–Crippen MR) is 237 cm³/mol. The molecule has 60 heavy (non-hydrogen) atoms. The molecular formula is C45H59N9O5S. The Labute approximate surface area is 356 Å². The van der Waals surface area contributed by atoms with Crippen molar-refractivity contribution in [3.8, 4) is 5.75 Å².